The lowest BCUT2D eigenvalue weighted by Gasteiger charge is -2.26. The Morgan fingerprint density at radius 2 is 1.87 bits per heavy atom. The smallest absolute Gasteiger partial charge is 0.243 e. The van der Waals surface area contributed by atoms with Gasteiger partial charge in [0.15, 0.2) is 0 Å². The summed E-state index contributed by atoms with van der Waals surface area (Å²) in [5.41, 5.74) is 0.865. The second kappa shape index (κ2) is 8.39. The summed E-state index contributed by atoms with van der Waals surface area (Å²) in [5.74, 6) is -0.0376. The van der Waals surface area contributed by atoms with Crippen molar-refractivity contribution in [2.24, 2.45) is 0 Å². The number of nitrogens with one attached hydrogen (secondary N) is 2. The summed E-state index contributed by atoms with van der Waals surface area (Å²) < 4.78 is 31.6. The lowest BCUT2D eigenvalue weighted by molar-refractivity contribution is -0.121. The predicted molar refractivity (Wildman–Crippen MR) is 86.4 cm³/mol. The first-order valence-corrected chi connectivity index (χ1v) is 9.06. The molecule has 1 heterocycles. The van der Waals surface area contributed by atoms with E-state index in [1.54, 1.807) is 31.3 Å². The van der Waals surface area contributed by atoms with Crippen molar-refractivity contribution < 1.29 is 17.9 Å². The van der Waals surface area contributed by atoms with Crippen molar-refractivity contribution >= 4 is 15.9 Å². The van der Waals surface area contributed by atoms with Crippen molar-refractivity contribution in [1.82, 2.24) is 14.9 Å². The quantitative estimate of drug-likeness (QED) is 0.725. The van der Waals surface area contributed by atoms with Crippen molar-refractivity contribution in [2.75, 3.05) is 39.9 Å². The number of morpholine rings is 1. The lowest BCUT2D eigenvalue weighted by atomic mass is 10.2. The van der Waals surface area contributed by atoms with Gasteiger partial charge in [-0.3, -0.25) is 4.79 Å². The number of amides is 1. The summed E-state index contributed by atoms with van der Waals surface area (Å²) >= 11 is 0. The molecule has 8 heteroatoms. The normalized spacial score (nSPS) is 16.2. The molecule has 0 atom stereocenters. The second-order valence-corrected chi connectivity index (χ2v) is 7.23. The number of benzene rings is 1. The number of sulfonamides is 1. The lowest BCUT2D eigenvalue weighted by Crippen LogP contribution is -2.40. The zero-order chi connectivity index (χ0) is 16.7. The molecule has 1 aromatic carbocycles. The molecule has 1 aliphatic rings. The van der Waals surface area contributed by atoms with Crippen LogP contribution in [0.1, 0.15) is 12.0 Å². The first-order chi connectivity index (χ1) is 11.0. The Balaban J connectivity index is 1.94. The Morgan fingerprint density at radius 3 is 2.48 bits per heavy atom. The van der Waals surface area contributed by atoms with Crippen molar-refractivity contribution in [3.63, 3.8) is 0 Å². The van der Waals surface area contributed by atoms with Crippen LogP contribution in [0.3, 0.4) is 0 Å². The van der Waals surface area contributed by atoms with Crippen LogP contribution >= 0.6 is 0 Å². The molecular weight excluding hydrogens is 318 g/mol. The van der Waals surface area contributed by atoms with Crippen LogP contribution in [0.4, 0.5) is 0 Å². The molecule has 0 saturated carbocycles. The van der Waals surface area contributed by atoms with Crippen molar-refractivity contribution in [2.45, 2.75) is 17.9 Å². The second-order valence-electron chi connectivity index (χ2n) is 5.29. The van der Waals surface area contributed by atoms with E-state index in [0.717, 1.165) is 5.56 Å². The summed E-state index contributed by atoms with van der Waals surface area (Å²) in [6.45, 7) is 2.63. The van der Waals surface area contributed by atoms with Gasteiger partial charge in [-0.1, -0.05) is 12.1 Å². The minimum absolute atomic E-state index is 0.0376. The van der Waals surface area contributed by atoms with Gasteiger partial charge in [-0.25, -0.2) is 8.42 Å². The van der Waals surface area contributed by atoms with E-state index < -0.39 is 10.0 Å². The molecule has 2 rings (SSSR count). The molecule has 1 aliphatic heterocycles. The van der Waals surface area contributed by atoms with Crippen LogP contribution in [0.5, 0.6) is 0 Å². The average Bonchev–Trinajstić information content (AvgIpc) is 2.59. The number of hydrogen-bond donors (Lipinski definition) is 2. The van der Waals surface area contributed by atoms with Crippen LogP contribution in [0.15, 0.2) is 29.2 Å². The molecule has 1 fully saturated rings. The number of hydrogen-bond acceptors (Lipinski definition) is 5. The Kier molecular flexibility index (Phi) is 6.52. The fraction of sp³-hybridized carbons (Fsp3) is 0.533. The first-order valence-electron chi connectivity index (χ1n) is 7.62. The van der Waals surface area contributed by atoms with E-state index in [1.165, 1.54) is 4.31 Å². The van der Waals surface area contributed by atoms with Crippen molar-refractivity contribution in [1.29, 1.82) is 0 Å². The Morgan fingerprint density at radius 1 is 1.22 bits per heavy atom. The SMILES string of the molecule is CNCCC(=O)NCc1ccc(S(=O)(=O)N2CCOCC2)cc1. The predicted octanol–water partition coefficient (Wildman–Crippen LogP) is -0.0668. The highest BCUT2D eigenvalue weighted by Gasteiger charge is 2.25. The summed E-state index contributed by atoms with van der Waals surface area (Å²) in [4.78, 5) is 11.8. The average molecular weight is 341 g/mol. The van der Waals surface area contributed by atoms with Crippen LogP contribution in [0.2, 0.25) is 0 Å². The Hall–Kier alpha value is -1.48. The summed E-state index contributed by atoms with van der Waals surface area (Å²) in [5, 5.41) is 5.71. The molecular formula is C15H23N3O4S. The van der Waals surface area contributed by atoms with E-state index in [4.69, 9.17) is 4.74 Å². The molecule has 0 unspecified atom stereocenters. The van der Waals surface area contributed by atoms with Crippen LogP contribution in [0, 0.1) is 0 Å². The molecule has 1 aromatic rings. The number of nitrogens with zero attached hydrogens (tertiary/aromatic N) is 1. The molecule has 23 heavy (non-hydrogen) atoms. The molecule has 0 aliphatic carbocycles. The Labute approximate surface area is 137 Å². The monoisotopic (exact) mass is 341 g/mol. The van der Waals surface area contributed by atoms with E-state index in [0.29, 0.717) is 45.8 Å². The Bertz CT molecular complexity index is 610. The van der Waals surface area contributed by atoms with Gasteiger partial charge in [-0.15, -0.1) is 0 Å². The van der Waals surface area contributed by atoms with Gasteiger partial charge in [-0.05, 0) is 24.7 Å². The van der Waals surface area contributed by atoms with Gasteiger partial charge < -0.3 is 15.4 Å². The molecule has 1 amide bonds. The fourth-order valence-corrected chi connectivity index (χ4v) is 3.65. The minimum Gasteiger partial charge on any atom is -0.379 e. The molecule has 2 N–H and O–H groups in total. The summed E-state index contributed by atoms with van der Waals surface area (Å²) in [6, 6.07) is 6.62. The standard InChI is InChI=1S/C15H23N3O4S/c1-16-7-6-15(19)17-12-13-2-4-14(5-3-13)23(20,21)18-8-10-22-11-9-18/h2-5,16H,6-12H2,1H3,(H,17,19). The summed E-state index contributed by atoms with van der Waals surface area (Å²) in [6.07, 6.45) is 0.417. The largest absolute Gasteiger partial charge is 0.379 e. The topological polar surface area (TPSA) is 87.7 Å². The highest BCUT2D eigenvalue weighted by Crippen LogP contribution is 2.17. The van der Waals surface area contributed by atoms with Gasteiger partial charge in [0.2, 0.25) is 15.9 Å². The molecule has 0 aromatic heterocycles. The maximum atomic E-state index is 12.5. The number of ether oxygens (including phenoxy) is 1. The molecule has 0 spiro atoms. The fourth-order valence-electron chi connectivity index (χ4n) is 2.24. The van der Waals surface area contributed by atoms with Gasteiger partial charge in [0.05, 0.1) is 18.1 Å². The van der Waals surface area contributed by atoms with E-state index in [2.05, 4.69) is 10.6 Å². The number of carbonyl (C=O) groups excluding carboxylic acids is 1. The van der Waals surface area contributed by atoms with Crippen LogP contribution in [-0.2, 0) is 26.1 Å². The molecule has 128 valence electrons. The minimum atomic E-state index is -3.46. The molecule has 0 radical (unpaired) electrons. The third-order valence-corrected chi connectivity index (χ3v) is 5.54. The van der Waals surface area contributed by atoms with Gasteiger partial charge in [0, 0.05) is 32.6 Å². The molecule has 7 nitrogen and oxygen atoms in total. The van der Waals surface area contributed by atoms with Gasteiger partial charge >= 0.3 is 0 Å². The third-order valence-electron chi connectivity index (χ3n) is 3.62. The molecule has 1 saturated heterocycles. The number of carbonyl (C=O) groups is 1. The van der Waals surface area contributed by atoms with Gasteiger partial charge in [-0.2, -0.15) is 4.31 Å². The molecule has 0 bridgehead atoms. The zero-order valence-corrected chi connectivity index (χ0v) is 14.1. The third kappa shape index (κ3) is 5.00. The van der Waals surface area contributed by atoms with Gasteiger partial charge in [0.25, 0.3) is 0 Å². The van der Waals surface area contributed by atoms with Crippen LogP contribution in [0.25, 0.3) is 0 Å². The highest BCUT2D eigenvalue weighted by molar-refractivity contribution is 7.89. The van der Waals surface area contributed by atoms with E-state index in [-0.39, 0.29) is 10.8 Å². The van der Waals surface area contributed by atoms with E-state index in [1.807, 2.05) is 0 Å². The highest BCUT2D eigenvalue weighted by atomic mass is 32.2. The number of rotatable bonds is 7. The van der Waals surface area contributed by atoms with Crippen molar-refractivity contribution in [3.05, 3.63) is 29.8 Å². The van der Waals surface area contributed by atoms with E-state index >= 15 is 0 Å². The van der Waals surface area contributed by atoms with E-state index in [9.17, 15) is 13.2 Å². The zero-order valence-electron chi connectivity index (χ0n) is 13.2. The first kappa shape index (κ1) is 17.9. The maximum absolute atomic E-state index is 12.5. The van der Waals surface area contributed by atoms with Gasteiger partial charge in [0.1, 0.15) is 0 Å². The van der Waals surface area contributed by atoms with Crippen LogP contribution < -0.4 is 10.6 Å². The van der Waals surface area contributed by atoms with Crippen molar-refractivity contribution in [3.8, 4) is 0 Å². The summed E-state index contributed by atoms with van der Waals surface area (Å²) in [7, 11) is -1.67. The maximum Gasteiger partial charge on any atom is 0.243 e. The van der Waals surface area contributed by atoms with Crippen LogP contribution in [-0.4, -0.2) is 58.5 Å².